The summed E-state index contributed by atoms with van der Waals surface area (Å²) in [6.07, 6.45) is 6.49. The predicted molar refractivity (Wildman–Crippen MR) is 154 cm³/mol. The van der Waals surface area contributed by atoms with E-state index < -0.39 is 16.1 Å². The van der Waals surface area contributed by atoms with Gasteiger partial charge in [0.2, 0.25) is 21.8 Å². The van der Waals surface area contributed by atoms with Crippen molar-refractivity contribution in [2.24, 2.45) is 5.92 Å². The van der Waals surface area contributed by atoms with Gasteiger partial charge in [-0.15, -0.1) is 0 Å². The lowest BCUT2D eigenvalue weighted by molar-refractivity contribution is -0.143. The van der Waals surface area contributed by atoms with E-state index in [1.54, 1.807) is 42.6 Å². The molecule has 3 aliphatic heterocycles. The Morgan fingerprint density at radius 3 is 2.62 bits per heavy atom. The van der Waals surface area contributed by atoms with Gasteiger partial charge in [-0.1, -0.05) is 41.4 Å². The fraction of sp³-hybridized carbons (Fsp3) is 0.414. The first-order valence-electron chi connectivity index (χ1n) is 13.6. The van der Waals surface area contributed by atoms with Gasteiger partial charge in [0, 0.05) is 29.8 Å². The summed E-state index contributed by atoms with van der Waals surface area (Å²) in [5.41, 5.74) is 1.10. The molecule has 3 aliphatic rings. The van der Waals surface area contributed by atoms with Gasteiger partial charge in [-0.05, 0) is 91.1 Å². The Balaban J connectivity index is 1.10. The zero-order valence-electron chi connectivity index (χ0n) is 21.8. The molecule has 1 aromatic heterocycles. The molecule has 3 saturated heterocycles. The first-order valence-corrected chi connectivity index (χ1v) is 15.8. The van der Waals surface area contributed by atoms with Gasteiger partial charge in [-0.25, -0.2) is 13.4 Å². The average Bonchev–Trinajstić information content (AvgIpc) is 3.50. The third kappa shape index (κ3) is 5.44. The molecule has 2 bridgehead atoms. The van der Waals surface area contributed by atoms with Gasteiger partial charge in [0.25, 0.3) is 0 Å². The molecule has 3 aromatic rings. The summed E-state index contributed by atoms with van der Waals surface area (Å²) < 4.78 is 29.0. The van der Waals surface area contributed by atoms with Crippen LogP contribution in [0.25, 0.3) is 10.8 Å². The van der Waals surface area contributed by atoms with Crippen molar-refractivity contribution in [3.63, 3.8) is 0 Å². The Kier molecular flexibility index (Phi) is 7.50. The highest BCUT2D eigenvalue weighted by Gasteiger charge is 2.48. The van der Waals surface area contributed by atoms with Crippen molar-refractivity contribution in [3.05, 3.63) is 70.5 Å². The van der Waals surface area contributed by atoms with Crippen LogP contribution in [0.5, 0.6) is 0 Å². The zero-order chi connectivity index (χ0) is 28.0. The molecule has 40 heavy (non-hydrogen) atoms. The molecule has 2 aromatic carbocycles. The molecule has 3 fully saturated rings. The summed E-state index contributed by atoms with van der Waals surface area (Å²) in [5, 5.41) is 2.59. The number of aromatic nitrogens is 1. The number of sulfonamides is 1. The van der Waals surface area contributed by atoms with Gasteiger partial charge in [0.1, 0.15) is 11.2 Å². The highest BCUT2D eigenvalue weighted by molar-refractivity contribution is 7.89. The van der Waals surface area contributed by atoms with Crippen molar-refractivity contribution < 1.29 is 18.0 Å². The molecule has 210 valence electrons. The maximum Gasteiger partial charge on any atom is 0.242 e. The number of amides is 2. The summed E-state index contributed by atoms with van der Waals surface area (Å²) in [5.74, 6) is -0.0689. The van der Waals surface area contributed by atoms with Crippen LogP contribution < -0.4 is 4.72 Å². The number of carbonyl (C=O) groups is 2. The van der Waals surface area contributed by atoms with Crippen LogP contribution in [-0.2, 0) is 26.0 Å². The molecule has 4 atom stereocenters. The summed E-state index contributed by atoms with van der Waals surface area (Å²) in [4.78, 5) is 34.6. The maximum absolute atomic E-state index is 13.5. The van der Waals surface area contributed by atoms with Gasteiger partial charge in [0.05, 0.1) is 11.4 Å². The van der Waals surface area contributed by atoms with Crippen LogP contribution in [0.15, 0.2) is 59.6 Å². The summed E-state index contributed by atoms with van der Waals surface area (Å²) in [6, 6.07) is 13.2. The molecule has 1 N–H and O–H groups in total. The van der Waals surface area contributed by atoms with E-state index in [2.05, 4.69) is 9.71 Å². The number of nitrogens with one attached hydrogen (secondary N) is 1. The second kappa shape index (κ2) is 10.9. The van der Waals surface area contributed by atoms with E-state index in [4.69, 9.17) is 23.2 Å². The lowest BCUT2D eigenvalue weighted by Gasteiger charge is -2.34. The minimum atomic E-state index is -3.95. The van der Waals surface area contributed by atoms with Crippen LogP contribution in [0.1, 0.15) is 37.7 Å². The molecular formula is C29H30Cl2N4O4S. The summed E-state index contributed by atoms with van der Waals surface area (Å²) >= 11 is 12.0. The third-order valence-electron chi connectivity index (χ3n) is 8.48. The van der Waals surface area contributed by atoms with Crippen molar-refractivity contribution in [2.75, 3.05) is 13.1 Å². The van der Waals surface area contributed by atoms with Crippen LogP contribution >= 0.6 is 23.2 Å². The number of piperidine rings is 1. The Morgan fingerprint density at radius 1 is 1.02 bits per heavy atom. The van der Waals surface area contributed by atoms with Crippen LogP contribution in [0.3, 0.4) is 0 Å². The van der Waals surface area contributed by atoms with E-state index in [0.717, 1.165) is 42.0 Å². The first kappa shape index (κ1) is 27.4. The number of rotatable bonds is 7. The van der Waals surface area contributed by atoms with Gasteiger partial charge in [0.15, 0.2) is 0 Å². The first-order chi connectivity index (χ1) is 19.2. The molecule has 1 unspecified atom stereocenters. The fourth-order valence-corrected chi connectivity index (χ4v) is 8.17. The van der Waals surface area contributed by atoms with E-state index in [1.807, 2.05) is 11.0 Å². The highest BCUT2D eigenvalue weighted by Crippen LogP contribution is 2.43. The minimum absolute atomic E-state index is 0.0317. The number of hydrogen-bond acceptors (Lipinski definition) is 5. The standard InChI is InChI=1S/C29H30Cl2N4O4S/c30-22-6-4-20-15-24(8-5-19(20)13-22)40(38,39)33-25-2-1-11-34(29(25)37)17-28(36)35-23-7-9-26(35)21(14-23)12-18-3-10-27(31)32-16-18/h3-6,8,10,13,15-16,21,23,25-26,33H,1-2,7,9,11-12,14,17H2/t21?,23-,25-,26-/m0/s1. The molecule has 8 nitrogen and oxygen atoms in total. The highest BCUT2D eigenvalue weighted by atomic mass is 35.5. The Hall–Kier alpha value is -2.72. The molecule has 6 rings (SSSR count). The molecule has 4 heterocycles. The Bertz CT molecular complexity index is 1570. The van der Waals surface area contributed by atoms with Crippen LogP contribution in [-0.4, -0.2) is 66.2 Å². The normalized spacial score (nSPS) is 24.7. The van der Waals surface area contributed by atoms with E-state index in [1.165, 1.54) is 11.0 Å². The van der Waals surface area contributed by atoms with Crippen molar-refractivity contribution >= 4 is 55.8 Å². The van der Waals surface area contributed by atoms with Crippen LogP contribution in [0.2, 0.25) is 10.2 Å². The lowest BCUT2D eigenvalue weighted by Crippen LogP contribution is -2.55. The molecule has 11 heteroatoms. The topological polar surface area (TPSA) is 99.7 Å². The summed E-state index contributed by atoms with van der Waals surface area (Å²) in [6.45, 7) is 0.401. The van der Waals surface area contributed by atoms with Crippen molar-refractivity contribution in [3.8, 4) is 0 Å². The zero-order valence-corrected chi connectivity index (χ0v) is 24.1. The second-order valence-corrected chi connectivity index (χ2v) is 13.6. The Labute approximate surface area is 243 Å². The lowest BCUT2D eigenvalue weighted by atomic mass is 9.85. The summed E-state index contributed by atoms with van der Waals surface area (Å²) in [7, 11) is -3.95. The van der Waals surface area contributed by atoms with Crippen LogP contribution in [0, 0.1) is 5.92 Å². The number of pyridine rings is 1. The number of benzene rings is 2. The van der Waals surface area contributed by atoms with Crippen molar-refractivity contribution in [1.82, 2.24) is 19.5 Å². The molecule has 0 radical (unpaired) electrons. The van der Waals surface area contributed by atoms with Crippen LogP contribution in [0.4, 0.5) is 0 Å². The molecule has 0 saturated carbocycles. The monoisotopic (exact) mass is 600 g/mol. The molecule has 2 amide bonds. The number of likely N-dealkylation sites (tertiary alicyclic amines) is 1. The van der Waals surface area contributed by atoms with E-state index in [9.17, 15) is 18.0 Å². The molecular weight excluding hydrogens is 571 g/mol. The van der Waals surface area contributed by atoms with E-state index >= 15 is 0 Å². The van der Waals surface area contributed by atoms with Gasteiger partial charge >= 0.3 is 0 Å². The fourth-order valence-electron chi connectivity index (χ4n) is 6.62. The maximum atomic E-state index is 13.5. The predicted octanol–water partition coefficient (Wildman–Crippen LogP) is 4.43. The smallest absolute Gasteiger partial charge is 0.242 e. The van der Waals surface area contributed by atoms with E-state index in [0.29, 0.717) is 35.5 Å². The van der Waals surface area contributed by atoms with Gasteiger partial charge in [-0.3, -0.25) is 9.59 Å². The second-order valence-electron chi connectivity index (χ2n) is 11.0. The third-order valence-corrected chi connectivity index (χ3v) is 10.4. The SMILES string of the molecule is O=C1[C@@H](NS(=O)(=O)c2ccc3cc(Cl)ccc3c2)CCCN1CC(=O)N1[C@H]2CC[C@H]1C(Cc1ccc(Cl)nc1)C2. The van der Waals surface area contributed by atoms with Gasteiger partial charge < -0.3 is 9.80 Å². The number of nitrogens with zero attached hydrogens (tertiary/aromatic N) is 3. The number of carbonyl (C=O) groups excluding carboxylic acids is 2. The molecule has 0 aliphatic carbocycles. The minimum Gasteiger partial charge on any atom is -0.335 e. The average molecular weight is 602 g/mol. The van der Waals surface area contributed by atoms with Crippen molar-refractivity contribution in [2.45, 2.75) is 61.5 Å². The van der Waals surface area contributed by atoms with Gasteiger partial charge in [-0.2, -0.15) is 4.72 Å². The largest absolute Gasteiger partial charge is 0.335 e. The number of fused-ring (bicyclic) bond motifs is 3. The number of halogens is 2. The van der Waals surface area contributed by atoms with E-state index in [-0.39, 0.29) is 35.3 Å². The quantitative estimate of drug-likeness (QED) is 0.404. The number of hydrogen-bond donors (Lipinski definition) is 1. The van der Waals surface area contributed by atoms with Crippen molar-refractivity contribution in [1.29, 1.82) is 0 Å². The molecule has 0 spiro atoms. The Morgan fingerprint density at radius 2 is 1.82 bits per heavy atom.